The number of hydrogen-bond acceptors (Lipinski definition) is 6. The Kier molecular flexibility index (Phi) is 6.16. The number of esters is 2. The minimum Gasteiger partial charge on any atom is -0.393 e. The molecular formula is C11H16O6. The zero-order valence-corrected chi connectivity index (χ0v) is 9.84. The first-order valence-corrected chi connectivity index (χ1v) is 4.94. The molecule has 1 atom stereocenters. The van der Waals surface area contributed by atoms with Gasteiger partial charge >= 0.3 is 17.9 Å². The van der Waals surface area contributed by atoms with Crippen molar-refractivity contribution in [1.29, 1.82) is 0 Å². The second kappa shape index (κ2) is 6.82. The van der Waals surface area contributed by atoms with Gasteiger partial charge in [-0.05, 0) is 13.8 Å². The molecule has 1 N–H and O–H groups in total. The first-order chi connectivity index (χ1) is 7.89. The fourth-order valence-electron chi connectivity index (χ4n) is 0.914. The smallest absolute Gasteiger partial charge is 0.393 e. The number of ether oxygens (including phenoxy) is 3. The molecule has 0 aromatic carbocycles. The van der Waals surface area contributed by atoms with Crippen molar-refractivity contribution in [2.24, 2.45) is 0 Å². The lowest BCUT2D eigenvalue weighted by atomic mass is 10.3. The summed E-state index contributed by atoms with van der Waals surface area (Å²) in [6.45, 7) is 9.61. The molecule has 6 heteroatoms. The zero-order chi connectivity index (χ0) is 13.5. The van der Waals surface area contributed by atoms with Crippen LogP contribution in [0.4, 0.5) is 0 Å². The zero-order valence-electron chi connectivity index (χ0n) is 9.84. The molecule has 1 unspecified atom stereocenters. The lowest BCUT2D eigenvalue weighted by molar-refractivity contribution is -0.359. The molecule has 0 aliphatic rings. The summed E-state index contributed by atoms with van der Waals surface area (Å²) in [6.07, 6.45) is 0.594. The lowest BCUT2D eigenvalue weighted by Crippen LogP contribution is -2.49. The Balaban J connectivity index is 4.90. The molecule has 0 amide bonds. The number of carbonyl (C=O) groups is 2. The van der Waals surface area contributed by atoms with Gasteiger partial charge in [0.2, 0.25) is 0 Å². The van der Waals surface area contributed by atoms with Gasteiger partial charge in [-0.3, -0.25) is 0 Å². The average molecular weight is 244 g/mol. The summed E-state index contributed by atoms with van der Waals surface area (Å²) in [4.78, 5) is 22.1. The van der Waals surface area contributed by atoms with Crippen LogP contribution in [0, 0.1) is 0 Å². The van der Waals surface area contributed by atoms with Gasteiger partial charge in [0.05, 0.1) is 0 Å². The van der Waals surface area contributed by atoms with Crippen LogP contribution >= 0.6 is 0 Å². The van der Waals surface area contributed by atoms with E-state index in [0.29, 0.717) is 0 Å². The minimum absolute atomic E-state index is 0.237. The molecule has 0 spiro atoms. The van der Waals surface area contributed by atoms with Gasteiger partial charge in [-0.1, -0.05) is 13.2 Å². The number of aliphatic hydroxyl groups is 1. The highest BCUT2D eigenvalue weighted by molar-refractivity contribution is 5.83. The van der Waals surface area contributed by atoms with E-state index in [1.54, 1.807) is 6.92 Å². The molecule has 0 aromatic rings. The Labute approximate surface area is 99.5 Å². The monoisotopic (exact) mass is 244 g/mol. The molecule has 0 bridgehead atoms. The topological polar surface area (TPSA) is 82.1 Å². The Morgan fingerprint density at radius 1 is 1.29 bits per heavy atom. The van der Waals surface area contributed by atoms with Crippen molar-refractivity contribution in [1.82, 2.24) is 0 Å². The summed E-state index contributed by atoms with van der Waals surface area (Å²) < 4.78 is 14.1. The maximum Gasteiger partial charge on any atom is 0.401 e. The molecular weight excluding hydrogens is 228 g/mol. The molecule has 0 rings (SSSR count). The molecule has 0 saturated heterocycles. The van der Waals surface area contributed by atoms with Crippen LogP contribution in [-0.4, -0.2) is 35.7 Å². The molecule has 0 aliphatic heterocycles. The third kappa shape index (κ3) is 4.80. The Morgan fingerprint density at radius 2 is 1.71 bits per heavy atom. The van der Waals surface area contributed by atoms with Gasteiger partial charge < -0.3 is 19.3 Å². The van der Waals surface area contributed by atoms with Crippen molar-refractivity contribution < 1.29 is 28.9 Å². The van der Waals surface area contributed by atoms with Crippen molar-refractivity contribution in [3.63, 3.8) is 0 Å². The van der Waals surface area contributed by atoms with Crippen LogP contribution in [0.2, 0.25) is 0 Å². The summed E-state index contributed by atoms with van der Waals surface area (Å²) in [7, 11) is 0. The summed E-state index contributed by atoms with van der Waals surface area (Å²) in [5.41, 5.74) is 0. The molecule has 0 saturated carbocycles. The SMILES string of the molecule is C=CC(=O)OC(O)(OC(=O)C=C)C(C)OCC. The number of rotatable bonds is 7. The van der Waals surface area contributed by atoms with Crippen LogP contribution in [0.1, 0.15) is 13.8 Å². The van der Waals surface area contributed by atoms with Crippen LogP contribution in [0.25, 0.3) is 0 Å². The standard InChI is InChI=1S/C11H16O6/c1-5-9(12)16-11(14,8(4)15-7-3)17-10(13)6-2/h5-6,8,14H,1-2,7H2,3-4H3. The van der Waals surface area contributed by atoms with Crippen molar-refractivity contribution in [2.75, 3.05) is 6.61 Å². The largest absolute Gasteiger partial charge is 0.401 e. The van der Waals surface area contributed by atoms with Crippen LogP contribution in [0.5, 0.6) is 0 Å². The lowest BCUT2D eigenvalue weighted by Gasteiger charge is -2.30. The highest BCUT2D eigenvalue weighted by Crippen LogP contribution is 2.19. The quantitative estimate of drug-likeness (QED) is 0.399. The maximum absolute atomic E-state index is 11.0. The maximum atomic E-state index is 11.0. The van der Waals surface area contributed by atoms with E-state index in [9.17, 15) is 14.7 Å². The fourth-order valence-corrected chi connectivity index (χ4v) is 0.914. The van der Waals surface area contributed by atoms with E-state index in [1.165, 1.54) is 6.92 Å². The second-order valence-electron chi connectivity index (χ2n) is 2.98. The van der Waals surface area contributed by atoms with Gasteiger partial charge in [0.25, 0.3) is 0 Å². The molecule has 0 aromatic heterocycles. The highest BCUT2D eigenvalue weighted by atomic mass is 16.9. The molecule has 0 heterocycles. The van der Waals surface area contributed by atoms with Gasteiger partial charge in [-0.15, -0.1) is 0 Å². The van der Waals surface area contributed by atoms with Crippen molar-refractivity contribution in [3.8, 4) is 0 Å². The highest BCUT2D eigenvalue weighted by Gasteiger charge is 2.43. The molecule has 6 nitrogen and oxygen atoms in total. The fraction of sp³-hybridized carbons (Fsp3) is 0.455. The van der Waals surface area contributed by atoms with Gasteiger partial charge in [0, 0.05) is 18.8 Å². The van der Waals surface area contributed by atoms with E-state index in [1.807, 2.05) is 0 Å². The van der Waals surface area contributed by atoms with Gasteiger partial charge in [-0.25, -0.2) is 9.59 Å². The van der Waals surface area contributed by atoms with E-state index >= 15 is 0 Å². The normalized spacial score (nSPS) is 12.4. The number of carbonyl (C=O) groups excluding carboxylic acids is 2. The van der Waals surface area contributed by atoms with Gasteiger partial charge in [0.1, 0.15) is 0 Å². The van der Waals surface area contributed by atoms with E-state index in [4.69, 9.17) is 4.74 Å². The first-order valence-electron chi connectivity index (χ1n) is 4.94. The van der Waals surface area contributed by atoms with Crippen molar-refractivity contribution >= 4 is 11.9 Å². The number of hydrogen-bond donors (Lipinski definition) is 1. The van der Waals surface area contributed by atoms with Crippen LogP contribution in [0.3, 0.4) is 0 Å². The van der Waals surface area contributed by atoms with E-state index in [0.717, 1.165) is 12.2 Å². The summed E-state index contributed by atoms with van der Waals surface area (Å²) in [6, 6.07) is 0. The van der Waals surface area contributed by atoms with Crippen molar-refractivity contribution in [3.05, 3.63) is 25.3 Å². The Morgan fingerprint density at radius 3 is 2.00 bits per heavy atom. The minimum atomic E-state index is -2.51. The second-order valence-corrected chi connectivity index (χ2v) is 2.98. The third-order valence-electron chi connectivity index (χ3n) is 1.76. The van der Waals surface area contributed by atoms with Crippen LogP contribution in [-0.2, 0) is 23.8 Å². The third-order valence-corrected chi connectivity index (χ3v) is 1.76. The molecule has 0 radical (unpaired) electrons. The predicted octanol–water partition coefficient (Wildman–Crippen LogP) is 0.516. The molecule has 17 heavy (non-hydrogen) atoms. The van der Waals surface area contributed by atoms with Gasteiger partial charge in [-0.2, -0.15) is 0 Å². The average Bonchev–Trinajstić information content (AvgIpc) is 2.28. The van der Waals surface area contributed by atoms with E-state index in [-0.39, 0.29) is 6.61 Å². The molecule has 0 aliphatic carbocycles. The van der Waals surface area contributed by atoms with Crippen LogP contribution in [0.15, 0.2) is 25.3 Å². The Hall–Kier alpha value is -1.66. The Bertz CT molecular complexity index is 287. The van der Waals surface area contributed by atoms with Crippen molar-refractivity contribution in [2.45, 2.75) is 25.9 Å². The summed E-state index contributed by atoms with van der Waals surface area (Å²) in [5, 5.41) is 9.91. The first kappa shape index (κ1) is 15.3. The predicted molar refractivity (Wildman–Crippen MR) is 58.6 cm³/mol. The van der Waals surface area contributed by atoms with Gasteiger partial charge in [0.15, 0.2) is 6.10 Å². The molecule has 96 valence electrons. The summed E-state index contributed by atoms with van der Waals surface area (Å²) >= 11 is 0. The summed E-state index contributed by atoms with van der Waals surface area (Å²) in [5.74, 6) is -4.40. The van der Waals surface area contributed by atoms with E-state index < -0.39 is 24.0 Å². The van der Waals surface area contributed by atoms with E-state index in [2.05, 4.69) is 22.6 Å². The van der Waals surface area contributed by atoms with Crippen LogP contribution < -0.4 is 0 Å². The molecule has 0 fully saturated rings.